The van der Waals surface area contributed by atoms with Crippen LogP contribution in [0, 0.1) is 6.92 Å². The van der Waals surface area contributed by atoms with Gasteiger partial charge in [0.1, 0.15) is 18.0 Å². The molecule has 2 unspecified atom stereocenters. The minimum absolute atomic E-state index is 0.0195. The summed E-state index contributed by atoms with van der Waals surface area (Å²) in [5.74, 6) is -0.541. The fourth-order valence-corrected chi connectivity index (χ4v) is 4.70. The molecule has 1 aromatic carbocycles. The zero-order valence-electron chi connectivity index (χ0n) is 19.4. The van der Waals surface area contributed by atoms with Crippen molar-refractivity contribution < 1.29 is 28.6 Å². The molecule has 2 aromatic rings. The van der Waals surface area contributed by atoms with Crippen LogP contribution >= 0.6 is 7.75 Å². The van der Waals surface area contributed by atoms with Gasteiger partial charge in [-0.2, -0.15) is 0 Å². The number of nitrogens with zero attached hydrogens (tertiary/aromatic N) is 4. The Balaban J connectivity index is 1.70. The maximum absolute atomic E-state index is 12.7. The number of aromatic hydroxyl groups is 1. The molecule has 0 saturated carbocycles. The van der Waals surface area contributed by atoms with Crippen LogP contribution in [0.2, 0.25) is 0 Å². The van der Waals surface area contributed by atoms with Gasteiger partial charge >= 0.3 is 13.4 Å². The van der Waals surface area contributed by atoms with Crippen molar-refractivity contribution in [2.45, 2.75) is 44.2 Å². The fourth-order valence-electron chi connectivity index (χ4n) is 3.67. The van der Waals surface area contributed by atoms with Gasteiger partial charge in [-0.15, -0.1) is 0 Å². The van der Waals surface area contributed by atoms with E-state index in [1.807, 2.05) is 0 Å². The fraction of sp³-hybridized carbons (Fsp3) is 0.450. The van der Waals surface area contributed by atoms with Crippen LogP contribution in [-0.4, -0.2) is 57.3 Å². The first-order chi connectivity index (χ1) is 17.0. The van der Waals surface area contributed by atoms with E-state index < -0.39 is 55.9 Å². The van der Waals surface area contributed by atoms with E-state index in [4.69, 9.17) is 14.8 Å². The standard InChI is InChI=1S/C20H26N7O8P/c1-11-9-27(20(31)23-18(11)29)17-8-14(24-26-21)16(35-17)10-34-36(32,33)25-15(19(30)22-2)7-12-3-5-13(28)6-4-12/h3-6,9,14-17,28H,7-8,10H2,1-2H3,(H,22,30)(H,23,29,31)(H2,25,32,33)/t14-,15+,16-,17?/m1/s1. The van der Waals surface area contributed by atoms with Gasteiger partial charge in [-0.25, -0.2) is 14.4 Å². The minimum Gasteiger partial charge on any atom is -0.508 e. The molecule has 1 amide bonds. The zero-order valence-corrected chi connectivity index (χ0v) is 20.3. The summed E-state index contributed by atoms with van der Waals surface area (Å²) in [7, 11) is -3.20. The van der Waals surface area contributed by atoms with Crippen LogP contribution < -0.4 is 21.7 Å². The number of phenolic OH excluding ortho intramolecular Hbond substituents is 1. The summed E-state index contributed by atoms with van der Waals surface area (Å²) >= 11 is 0. The molecule has 5 N–H and O–H groups in total. The van der Waals surface area contributed by atoms with Gasteiger partial charge in [-0.05, 0) is 36.6 Å². The Morgan fingerprint density at radius 2 is 2.11 bits per heavy atom. The van der Waals surface area contributed by atoms with Gasteiger partial charge in [0.2, 0.25) is 5.91 Å². The highest BCUT2D eigenvalue weighted by Crippen LogP contribution is 2.40. The SMILES string of the molecule is CNC(=O)[C@H](Cc1ccc(O)cc1)NP(=O)(O)OC[C@H]1OC(n2cc(C)c(=O)[nH]c2=O)C[C@H]1N=[N+]=[N-]. The third-order valence-electron chi connectivity index (χ3n) is 5.53. The summed E-state index contributed by atoms with van der Waals surface area (Å²) in [4.78, 5) is 51.4. The molecule has 15 nitrogen and oxygen atoms in total. The lowest BCUT2D eigenvalue weighted by Crippen LogP contribution is -2.43. The highest BCUT2D eigenvalue weighted by atomic mass is 31.2. The first-order valence-corrected chi connectivity index (χ1v) is 12.4. The number of azide groups is 1. The number of carbonyl (C=O) groups excluding carboxylic acids is 1. The highest BCUT2D eigenvalue weighted by molar-refractivity contribution is 7.50. The number of aryl methyl sites for hydroxylation is 1. The van der Waals surface area contributed by atoms with Gasteiger partial charge in [0, 0.05) is 30.1 Å². The molecular weight excluding hydrogens is 497 g/mol. The summed E-state index contributed by atoms with van der Waals surface area (Å²) < 4.78 is 24.8. The van der Waals surface area contributed by atoms with Crippen LogP contribution in [0.4, 0.5) is 0 Å². The van der Waals surface area contributed by atoms with E-state index in [-0.39, 0.29) is 24.2 Å². The Kier molecular flexibility index (Phi) is 8.69. The van der Waals surface area contributed by atoms with Crippen molar-refractivity contribution in [2.24, 2.45) is 5.11 Å². The normalized spacial score (nSPS) is 21.8. The lowest BCUT2D eigenvalue weighted by Gasteiger charge is -2.23. The quantitative estimate of drug-likeness (QED) is 0.127. The van der Waals surface area contributed by atoms with Gasteiger partial charge in [0.25, 0.3) is 5.56 Å². The van der Waals surface area contributed by atoms with Crippen LogP contribution in [0.5, 0.6) is 5.75 Å². The highest BCUT2D eigenvalue weighted by Gasteiger charge is 2.38. The van der Waals surface area contributed by atoms with Gasteiger partial charge in [-0.3, -0.25) is 23.7 Å². The molecule has 0 bridgehead atoms. The van der Waals surface area contributed by atoms with Crippen molar-refractivity contribution in [2.75, 3.05) is 13.7 Å². The lowest BCUT2D eigenvalue weighted by atomic mass is 10.1. The summed E-state index contributed by atoms with van der Waals surface area (Å²) in [6, 6.07) is 3.98. The number of aromatic amines is 1. The molecule has 3 rings (SSSR count). The molecule has 5 atom stereocenters. The molecule has 0 aliphatic carbocycles. The molecule has 36 heavy (non-hydrogen) atoms. The van der Waals surface area contributed by atoms with E-state index in [2.05, 4.69) is 25.4 Å². The van der Waals surface area contributed by atoms with Crippen LogP contribution in [-0.2, 0) is 25.0 Å². The molecule has 16 heteroatoms. The first-order valence-electron chi connectivity index (χ1n) is 10.8. The third-order valence-corrected chi connectivity index (χ3v) is 6.67. The van der Waals surface area contributed by atoms with Crippen molar-refractivity contribution in [1.82, 2.24) is 20.0 Å². The topological polar surface area (TPSA) is 221 Å². The van der Waals surface area contributed by atoms with Crippen LogP contribution in [0.3, 0.4) is 0 Å². The van der Waals surface area contributed by atoms with E-state index in [1.54, 1.807) is 12.1 Å². The van der Waals surface area contributed by atoms with Crippen LogP contribution in [0.25, 0.3) is 10.4 Å². The minimum atomic E-state index is -4.57. The van der Waals surface area contributed by atoms with Gasteiger partial charge < -0.3 is 20.1 Å². The number of hydrogen-bond donors (Lipinski definition) is 5. The predicted octanol–water partition coefficient (Wildman–Crippen LogP) is 0.581. The number of nitrogens with one attached hydrogen (secondary N) is 3. The van der Waals surface area contributed by atoms with Crippen LogP contribution in [0.15, 0.2) is 45.2 Å². The number of amides is 1. The number of phenols is 1. The largest absolute Gasteiger partial charge is 0.508 e. The maximum atomic E-state index is 12.7. The number of H-pyrrole nitrogens is 1. The zero-order chi connectivity index (χ0) is 26.5. The summed E-state index contributed by atoms with van der Waals surface area (Å²) in [5, 5.41) is 17.8. The van der Waals surface area contributed by atoms with Gasteiger partial charge in [-0.1, -0.05) is 17.2 Å². The number of carbonyl (C=O) groups is 1. The second-order valence-electron chi connectivity index (χ2n) is 8.10. The number of benzene rings is 1. The smallest absolute Gasteiger partial charge is 0.403 e. The molecule has 1 fully saturated rings. The average molecular weight is 523 g/mol. The molecule has 2 heterocycles. The molecule has 1 aliphatic heterocycles. The monoisotopic (exact) mass is 523 g/mol. The number of aromatic nitrogens is 2. The number of ether oxygens (including phenoxy) is 1. The molecule has 0 radical (unpaired) electrons. The summed E-state index contributed by atoms with van der Waals surface area (Å²) in [5.41, 5.74) is 8.49. The molecule has 1 saturated heterocycles. The van der Waals surface area contributed by atoms with Crippen molar-refractivity contribution in [3.63, 3.8) is 0 Å². The van der Waals surface area contributed by atoms with Crippen molar-refractivity contribution >= 4 is 13.7 Å². The van der Waals surface area contributed by atoms with Gasteiger partial charge in [0.05, 0.1) is 18.8 Å². The Morgan fingerprint density at radius 1 is 1.42 bits per heavy atom. The number of likely N-dealkylation sites (N-methyl/N-ethyl adjacent to an activating group) is 1. The summed E-state index contributed by atoms with van der Waals surface area (Å²) in [6.07, 6.45) is -0.544. The van der Waals surface area contributed by atoms with Crippen molar-refractivity contribution in [1.29, 1.82) is 0 Å². The average Bonchev–Trinajstić information content (AvgIpc) is 3.23. The maximum Gasteiger partial charge on any atom is 0.403 e. The first kappa shape index (κ1) is 27.1. The molecule has 1 aromatic heterocycles. The van der Waals surface area contributed by atoms with E-state index in [0.29, 0.717) is 5.56 Å². The van der Waals surface area contributed by atoms with Crippen molar-refractivity contribution in [3.8, 4) is 5.75 Å². The second-order valence-corrected chi connectivity index (χ2v) is 9.66. The Morgan fingerprint density at radius 3 is 2.75 bits per heavy atom. The predicted molar refractivity (Wildman–Crippen MR) is 126 cm³/mol. The lowest BCUT2D eigenvalue weighted by molar-refractivity contribution is -0.122. The van der Waals surface area contributed by atoms with E-state index in [1.165, 1.54) is 32.3 Å². The Bertz CT molecular complexity index is 1300. The Hall–Kier alpha value is -3.45. The number of rotatable bonds is 10. The summed E-state index contributed by atoms with van der Waals surface area (Å²) in [6.45, 7) is 1.00. The molecule has 0 spiro atoms. The van der Waals surface area contributed by atoms with E-state index in [0.717, 1.165) is 4.57 Å². The third kappa shape index (κ3) is 6.82. The molecule has 194 valence electrons. The Labute approximate surface area is 204 Å². The van der Waals surface area contributed by atoms with E-state index >= 15 is 0 Å². The molecular formula is C20H26N7O8P. The van der Waals surface area contributed by atoms with Crippen molar-refractivity contribution in [3.05, 3.63) is 72.9 Å². The van der Waals surface area contributed by atoms with Crippen LogP contribution in [0.1, 0.15) is 23.8 Å². The second kappa shape index (κ2) is 11.5. The van der Waals surface area contributed by atoms with Gasteiger partial charge in [0.15, 0.2) is 0 Å². The number of hydrogen-bond acceptors (Lipinski definition) is 8. The molecule has 1 aliphatic rings. The van der Waals surface area contributed by atoms with E-state index in [9.17, 15) is 28.9 Å².